The highest BCUT2D eigenvalue weighted by molar-refractivity contribution is 7.90. The summed E-state index contributed by atoms with van der Waals surface area (Å²) in [5.41, 5.74) is 0. The van der Waals surface area contributed by atoms with Gasteiger partial charge in [-0.1, -0.05) is 0 Å². The van der Waals surface area contributed by atoms with Crippen LogP contribution >= 0.6 is 12.2 Å². The molecule has 1 atom stereocenters. The van der Waals surface area contributed by atoms with E-state index >= 15 is 0 Å². The number of rotatable bonds is 3. The van der Waals surface area contributed by atoms with Crippen LogP contribution < -0.4 is 0 Å². The normalized spacial score (nSPS) is 14.2. The van der Waals surface area contributed by atoms with Crippen LogP contribution in [-0.4, -0.2) is 35.2 Å². The Morgan fingerprint density at radius 2 is 2.21 bits per heavy atom. The van der Waals surface area contributed by atoms with Gasteiger partial charge in [0.25, 0.3) is 0 Å². The smallest absolute Gasteiger partial charge is 0.195 e. The fourth-order valence-corrected chi connectivity index (χ4v) is 2.80. The third kappa shape index (κ3) is 2.65. The molecular formula is C7H13N3O2S2. The van der Waals surface area contributed by atoms with Gasteiger partial charge in [-0.2, -0.15) is 5.10 Å². The predicted molar refractivity (Wildman–Crippen MR) is 56.6 cm³/mol. The molecule has 7 heteroatoms. The van der Waals surface area contributed by atoms with Gasteiger partial charge in [-0.15, -0.1) is 0 Å². The molecule has 0 fully saturated rings. The molecule has 1 heterocycles. The molecule has 0 aromatic carbocycles. The summed E-state index contributed by atoms with van der Waals surface area (Å²) in [6, 6.07) is -0.184. The highest BCUT2D eigenvalue weighted by Gasteiger charge is 2.15. The molecule has 0 aliphatic rings. The van der Waals surface area contributed by atoms with Gasteiger partial charge in [0.05, 0.1) is 5.75 Å². The zero-order chi connectivity index (χ0) is 10.9. The minimum absolute atomic E-state index is 0.0711. The van der Waals surface area contributed by atoms with Crippen molar-refractivity contribution in [2.24, 2.45) is 0 Å². The maximum atomic E-state index is 11.1. The van der Waals surface area contributed by atoms with Crippen molar-refractivity contribution in [3.8, 4) is 0 Å². The Morgan fingerprint density at radius 3 is 2.57 bits per heavy atom. The van der Waals surface area contributed by atoms with E-state index < -0.39 is 9.84 Å². The second-order valence-corrected chi connectivity index (χ2v) is 5.96. The van der Waals surface area contributed by atoms with Gasteiger partial charge in [-0.25, -0.2) is 8.42 Å². The predicted octanol–water partition coefficient (Wildman–Crippen LogP) is 0.855. The lowest BCUT2D eigenvalue weighted by atomic mass is 10.4. The molecule has 0 amide bonds. The molecule has 14 heavy (non-hydrogen) atoms. The first-order valence-corrected chi connectivity index (χ1v) is 6.59. The number of nitrogens with one attached hydrogen (secondary N) is 1. The third-order valence-corrected chi connectivity index (χ3v) is 3.24. The van der Waals surface area contributed by atoms with Gasteiger partial charge in [0.1, 0.15) is 15.7 Å². The van der Waals surface area contributed by atoms with Gasteiger partial charge in [0.15, 0.2) is 4.77 Å². The largest absolute Gasteiger partial charge is 0.301 e. The molecule has 1 N–H and O–H groups in total. The molecular weight excluding hydrogens is 222 g/mol. The number of hydrogen-bond acceptors (Lipinski definition) is 4. The topological polar surface area (TPSA) is 67.8 Å². The molecule has 0 aliphatic heterocycles. The third-order valence-electron chi connectivity index (χ3n) is 1.87. The van der Waals surface area contributed by atoms with Gasteiger partial charge in [0, 0.05) is 12.3 Å². The average Bonchev–Trinajstić information content (AvgIpc) is 2.27. The van der Waals surface area contributed by atoms with E-state index in [4.69, 9.17) is 12.2 Å². The summed E-state index contributed by atoms with van der Waals surface area (Å²) < 4.78 is 24.3. The molecule has 0 spiro atoms. The highest BCUT2D eigenvalue weighted by atomic mass is 32.2. The van der Waals surface area contributed by atoms with Crippen molar-refractivity contribution in [2.45, 2.75) is 19.9 Å². The zero-order valence-corrected chi connectivity index (χ0v) is 9.94. The standard InChI is InChI=1S/C7H13N3O2S2/c1-5(4-14(3,11)12)10-6(2)8-9-7(10)13/h5H,4H2,1-3H3,(H,9,13). The van der Waals surface area contributed by atoms with Crippen LogP contribution in [0, 0.1) is 11.7 Å². The van der Waals surface area contributed by atoms with Gasteiger partial charge in [-0.3, -0.25) is 5.10 Å². The van der Waals surface area contributed by atoms with Crippen LogP contribution in [0.25, 0.3) is 0 Å². The molecule has 0 aliphatic carbocycles. The van der Waals surface area contributed by atoms with E-state index in [1.165, 1.54) is 6.26 Å². The maximum absolute atomic E-state index is 11.1. The van der Waals surface area contributed by atoms with Crippen molar-refractivity contribution in [2.75, 3.05) is 12.0 Å². The van der Waals surface area contributed by atoms with E-state index in [-0.39, 0.29) is 11.8 Å². The first kappa shape index (κ1) is 11.4. The highest BCUT2D eigenvalue weighted by Crippen LogP contribution is 2.10. The van der Waals surface area contributed by atoms with E-state index in [0.29, 0.717) is 10.6 Å². The van der Waals surface area contributed by atoms with Crippen LogP contribution in [0.5, 0.6) is 0 Å². The molecule has 1 aromatic heterocycles. The Hall–Kier alpha value is -0.690. The number of hydrogen-bond donors (Lipinski definition) is 1. The summed E-state index contributed by atoms with van der Waals surface area (Å²) in [5, 5.41) is 6.54. The van der Waals surface area contributed by atoms with Crippen molar-refractivity contribution in [3.05, 3.63) is 10.6 Å². The first-order valence-electron chi connectivity index (χ1n) is 4.12. The average molecular weight is 235 g/mol. The van der Waals surface area contributed by atoms with Crippen LogP contribution in [0.4, 0.5) is 0 Å². The quantitative estimate of drug-likeness (QED) is 0.789. The number of aromatic nitrogens is 3. The van der Waals surface area contributed by atoms with Crippen molar-refractivity contribution in [1.82, 2.24) is 14.8 Å². The second kappa shape index (κ2) is 3.82. The van der Waals surface area contributed by atoms with Gasteiger partial charge < -0.3 is 4.57 Å². The fraction of sp³-hybridized carbons (Fsp3) is 0.714. The van der Waals surface area contributed by atoms with Crippen LogP contribution in [0.3, 0.4) is 0 Å². The molecule has 5 nitrogen and oxygen atoms in total. The summed E-state index contributed by atoms with van der Waals surface area (Å²) in [6.45, 7) is 3.59. The number of aromatic amines is 1. The van der Waals surface area contributed by atoms with Gasteiger partial charge in [-0.05, 0) is 26.1 Å². The van der Waals surface area contributed by atoms with E-state index in [9.17, 15) is 8.42 Å². The Morgan fingerprint density at radius 1 is 1.64 bits per heavy atom. The summed E-state index contributed by atoms with van der Waals surface area (Å²) in [5.74, 6) is 0.771. The Balaban J connectivity index is 3.01. The summed E-state index contributed by atoms with van der Waals surface area (Å²) in [7, 11) is -2.99. The molecule has 0 saturated heterocycles. The van der Waals surface area contributed by atoms with Gasteiger partial charge >= 0.3 is 0 Å². The zero-order valence-electron chi connectivity index (χ0n) is 8.31. The van der Waals surface area contributed by atoms with E-state index in [1.807, 2.05) is 0 Å². The van der Waals surface area contributed by atoms with Crippen molar-refractivity contribution in [1.29, 1.82) is 0 Å². The van der Waals surface area contributed by atoms with E-state index in [0.717, 1.165) is 0 Å². The van der Waals surface area contributed by atoms with Crippen molar-refractivity contribution < 1.29 is 8.42 Å². The summed E-state index contributed by atoms with van der Waals surface area (Å²) in [4.78, 5) is 0. The molecule has 0 radical (unpaired) electrons. The van der Waals surface area contributed by atoms with Crippen LogP contribution in [0.1, 0.15) is 18.8 Å². The second-order valence-electron chi connectivity index (χ2n) is 3.39. The Kier molecular flexibility index (Phi) is 3.10. The lowest BCUT2D eigenvalue weighted by molar-refractivity contribution is 0.549. The minimum atomic E-state index is -2.99. The lowest BCUT2D eigenvalue weighted by Gasteiger charge is -2.12. The van der Waals surface area contributed by atoms with Crippen LogP contribution in [0.15, 0.2) is 0 Å². The lowest BCUT2D eigenvalue weighted by Crippen LogP contribution is -2.17. The van der Waals surface area contributed by atoms with E-state index in [2.05, 4.69) is 10.2 Å². The van der Waals surface area contributed by atoms with Crippen molar-refractivity contribution in [3.63, 3.8) is 0 Å². The van der Waals surface area contributed by atoms with Crippen LogP contribution in [-0.2, 0) is 9.84 Å². The van der Waals surface area contributed by atoms with Crippen LogP contribution in [0.2, 0.25) is 0 Å². The number of H-pyrrole nitrogens is 1. The molecule has 0 saturated carbocycles. The molecule has 1 unspecified atom stereocenters. The van der Waals surface area contributed by atoms with Gasteiger partial charge in [0.2, 0.25) is 0 Å². The Bertz CT molecular complexity index is 471. The monoisotopic (exact) mass is 235 g/mol. The number of nitrogens with zero attached hydrogens (tertiary/aromatic N) is 2. The fourth-order valence-electron chi connectivity index (χ4n) is 1.42. The first-order chi connectivity index (χ1) is 6.31. The van der Waals surface area contributed by atoms with Crippen molar-refractivity contribution >= 4 is 22.1 Å². The Labute approximate surface area is 88.1 Å². The molecule has 1 aromatic rings. The number of sulfone groups is 1. The SMILES string of the molecule is Cc1n[nH]c(=S)n1C(C)CS(C)(=O)=O. The molecule has 1 rings (SSSR count). The number of aryl methyl sites for hydroxylation is 1. The summed E-state index contributed by atoms with van der Waals surface area (Å²) in [6.07, 6.45) is 1.21. The maximum Gasteiger partial charge on any atom is 0.195 e. The van der Waals surface area contributed by atoms with E-state index in [1.54, 1.807) is 18.4 Å². The summed E-state index contributed by atoms with van der Waals surface area (Å²) >= 11 is 4.99. The molecule has 80 valence electrons. The minimum Gasteiger partial charge on any atom is -0.301 e. The molecule has 0 bridgehead atoms.